The summed E-state index contributed by atoms with van der Waals surface area (Å²) < 4.78 is 64.1. The van der Waals surface area contributed by atoms with Crippen molar-refractivity contribution in [2.45, 2.75) is 50.7 Å². The molecule has 1 N–H and O–H groups in total. The van der Waals surface area contributed by atoms with Gasteiger partial charge in [0, 0.05) is 32.2 Å². The largest absolute Gasteiger partial charge is 0.397 e. The Morgan fingerprint density at radius 3 is 2.33 bits per heavy atom. The van der Waals surface area contributed by atoms with Crippen LogP contribution >= 0.6 is 0 Å². The van der Waals surface area contributed by atoms with E-state index in [0.29, 0.717) is 37.5 Å². The quantitative estimate of drug-likeness (QED) is 0.686. The molecule has 1 saturated carbocycles. The van der Waals surface area contributed by atoms with Gasteiger partial charge in [-0.3, -0.25) is 9.69 Å². The molecule has 0 bridgehead atoms. The molecule has 0 unspecified atom stereocenters. The fraction of sp³-hybridized carbons (Fsp3) is 0.667. The Morgan fingerprint density at radius 1 is 1.03 bits per heavy atom. The van der Waals surface area contributed by atoms with Gasteiger partial charge in [0.1, 0.15) is 6.42 Å². The van der Waals surface area contributed by atoms with Crippen molar-refractivity contribution < 1.29 is 26.7 Å². The summed E-state index contributed by atoms with van der Waals surface area (Å²) in [6, 6.07) is 4.06. The van der Waals surface area contributed by atoms with Crippen LogP contribution in [0.2, 0.25) is 0 Å². The fourth-order valence-electron chi connectivity index (χ4n) is 4.37. The van der Waals surface area contributed by atoms with Crippen LogP contribution in [0.5, 0.6) is 0 Å². The van der Waals surface area contributed by atoms with Gasteiger partial charge in [0.15, 0.2) is 11.6 Å². The number of carbonyl (C=O) groups is 1. The molecule has 1 amide bonds. The Kier molecular flexibility index (Phi) is 7.55. The van der Waals surface area contributed by atoms with E-state index in [9.17, 15) is 26.7 Å². The first-order chi connectivity index (χ1) is 14.2. The first-order valence-corrected chi connectivity index (χ1v) is 10.5. The summed E-state index contributed by atoms with van der Waals surface area (Å²) in [6.07, 6.45) is -1.68. The Bertz CT molecular complexity index is 711. The second kappa shape index (κ2) is 9.94. The van der Waals surface area contributed by atoms with Crippen LogP contribution in [0.3, 0.4) is 0 Å². The SMILES string of the molecule is O=C(CC(F)(F)F)N[C@H]1CC[C@H](CCN2CCN(c3cccc(F)c3F)CC2)CC1. The zero-order valence-electron chi connectivity index (χ0n) is 16.9. The minimum Gasteiger partial charge on any atom is -0.367 e. The molecule has 2 fully saturated rings. The lowest BCUT2D eigenvalue weighted by Crippen LogP contribution is -2.47. The maximum atomic E-state index is 14.0. The molecule has 0 aromatic heterocycles. The van der Waals surface area contributed by atoms with Gasteiger partial charge >= 0.3 is 6.18 Å². The van der Waals surface area contributed by atoms with Crippen LogP contribution < -0.4 is 10.2 Å². The van der Waals surface area contributed by atoms with Crippen molar-refractivity contribution in [2.24, 2.45) is 5.92 Å². The molecule has 4 nitrogen and oxygen atoms in total. The summed E-state index contributed by atoms with van der Waals surface area (Å²) in [4.78, 5) is 15.6. The van der Waals surface area contributed by atoms with Gasteiger partial charge in [-0.25, -0.2) is 8.78 Å². The molecule has 1 aliphatic heterocycles. The molecule has 0 atom stereocenters. The van der Waals surface area contributed by atoms with E-state index in [4.69, 9.17) is 0 Å². The summed E-state index contributed by atoms with van der Waals surface area (Å²) in [5.74, 6) is -2.08. The number of nitrogens with one attached hydrogen (secondary N) is 1. The Morgan fingerprint density at radius 2 is 1.70 bits per heavy atom. The number of hydrogen-bond donors (Lipinski definition) is 1. The van der Waals surface area contributed by atoms with Gasteiger partial charge in [-0.05, 0) is 56.7 Å². The summed E-state index contributed by atoms with van der Waals surface area (Å²) in [6.45, 7) is 3.74. The Balaban J connectivity index is 1.34. The molecule has 3 rings (SSSR count). The average Bonchev–Trinajstić information content (AvgIpc) is 2.69. The molecular weight excluding hydrogens is 405 g/mol. The van der Waals surface area contributed by atoms with E-state index in [1.807, 2.05) is 4.90 Å². The lowest BCUT2D eigenvalue weighted by atomic mass is 9.84. The monoisotopic (exact) mass is 433 g/mol. The van der Waals surface area contributed by atoms with Crippen molar-refractivity contribution in [3.05, 3.63) is 29.8 Å². The molecule has 9 heteroatoms. The topological polar surface area (TPSA) is 35.6 Å². The highest BCUT2D eigenvalue weighted by Gasteiger charge is 2.32. The Labute approximate surface area is 173 Å². The van der Waals surface area contributed by atoms with Crippen LogP contribution in [0.1, 0.15) is 38.5 Å². The molecule has 168 valence electrons. The molecule has 1 aromatic carbocycles. The molecule has 0 spiro atoms. The van der Waals surface area contributed by atoms with Gasteiger partial charge in [0.05, 0.1) is 5.69 Å². The normalized spacial score (nSPS) is 23.4. The average molecular weight is 433 g/mol. The van der Waals surface area contributed by atoms with Gasteiger partial charge in [-0.1, -0.05) is 6.07 Å². The summed E-state index contributed by atoms with van der Waals surface area (Å²) in [5.41, 5.74) is 0.306. The van der Waals surface area contributed by atoms with E-state index in [0.717, 1.165) is 45.0 Å². The molecule has 2 aliphatic rings. The summed E-state index contributed by atoms with van der Waals surface area (Å²) in [5, 5.41) is 2.50. The third kappa shape index (κ3) is 6.55. The van der Waals surface area contributed by atoms with E-state index >= 15 is 0 Å². The molecule has 30 heavy (non-hydrogen) atoms. The molecule has 1 heterocycles. The number of hydrogen-bond acceptors (Lipinski definition) is 3. The van der Waals surface area contributed by atoms with Gasteiger partial charge < -0.3 is 10.2 Å². The van der Waals surface area contributed by atoms with Crippen LogP contribution in [0.15, 0.2) is 18.2 Å². The number of amides is 1. The standard InChI is InChI=1S/C21H28F5N3O/c22-17-2-1-3-18(20(17)23)29-12-10-28(11-13-29)9-8-15-4-6-16(7-5-15)27-19(30)14-21(24,25)26/h1-3,15-16H,4-14H2,(H,27,30)/t15-,16-. The Hall–Kier alpha value is -1.90. The second-order valence-corrected chi connectivity index (χ2v) is 8.27. The predicted molar refractivity (Wildman–Crippen MR) is 104 cm³/mol. The van der Waals surface area contributed by atoms with Gasteiger partial charge in [0.25, 0.3) is 0 Å². The number of nitrogens with zero attached hydrogens (tertiary/aromatic N) is 2. The summed E-state index contributed by atoms with van der Waals surface area (Å²) >= 11 is 0. The predicted octanol–water partition coefficient (Wildman–Crippen LogP) is 4.10. The second-order valence-electron chi connectivity index (χ2n) is 8.27. The minimum absolute atomic E-state index is 0.166. The van der Waals surface area contributed by atoms with E-state index < -0.39 is 30.1 Å². The highest BCUT2D eigenvalue weighted by Crippen LogP contribution is 2.28. The van der Waals surface area contributed by atoms with Crippen LogP contribution in [0.25, 0.3) is 0 Å². The lowest BCUT2D eigenvalue weighted by Gasteiger charge is -2.37. The number of anilines is 1. The van der Waals surface area contributed by atoms with Crippen molar-refractivity contribution in [1.82, 2.24) is 10.2 Å². The third-order valence-corrected chi connectivity index (χ3v) is 6.07. The summed E-state index contributed by atoms with van der Waals surface area (Å²) in [7, 11) is 0. The number of halogens is 5. The number of alkyl halides is 3. The maximum Gasteiger partial charge on any atom is 0.397 e. The molecular formula is C21H28F5N3O. The van der Waals surface area contributed by atoms with E-state index in [2.05, 4.69) is 10.2 Å². The first kappa shape index (κ1) is 22.8. The van der Waals surface area contributed by atoms with Crippen molar-refractivity contribution in [3.63, 3.8) is 0 Å². The molecule has 1 aliphatic carbocycles. The number of rotatable bonds is 6. The maximum absolute atomic E-state index is 14.0. The number of piperazine rings is 1. The van der Waals surface area contributed by atoms with E-state index in [-0.39, 0.29) is 6.04 Å². The van der Waals surface area contributed by atoms with Crippen LogP contribution in [-0.4, -0.2) is 55.7 Å². The zero-order valence-corrected chi connectivity index (χ0v) is 16.9. The van der Waals surface area contributed by atoms with Crippen molar-refractivity contribution in [3.8, 4) is 0 Å². The van der Waals surface area contributed by atoms with E-state index in [1.54, 1.807) is 6.07 Å². The first-order valence-electron chi connectivity index (χ1n) is 10.5. The van der Waals surface area contributed by atoms with Crippen LogP contribution in [0.4, 0.5) is 27.6 Å². The molecule has 1 saturated heterocycles. The van der Waals surface area contributed by atoms with Gasteiger partial charge in [-0.2, -0.15) is 13.2 Å². The van der Waals surface area contributed by atoms with E-state index in [1.165, 1.54) is 6.07 Å². The zero-order chi connectivity index (χ0) is 21.7. The minimum atomic E-state index is -4.47. The van der Waals surface area contributed by atoms with Crippen LogP contribution in [0, 0.1) is 17.6 Å². The van der Waals surface area contributed by atoms with Gasteiger partial charge in [-0.15, -0.1) is 0 Å². The highest BCUT2D eigenvalue weighted by atomic mass is 19.4. The lowest BCUT2D eigenvalue weighted by molar-refractivity contribution is -0.154. The van der Waals surface area contributed by atoms with Crippen molar-refractivity contribution >= 4 is 11.6 Å². The number of benzene rings is 1. The molecule has 0 radical (unpaired) electrons. The molecule has 1 aromatic rings. The smallest absolute Gasteiger partial charge is 0.367 e. The highest BCUT2D eigenvalue weighted by molar-refractivity contribution is 5.76. The van der Waals surface area contributed by atoms with Crippen molar-refractivity contribution in [1.29, 1.82) is 0 Å². The van der Waals surface area contributed by atoms with Gasteiger partial charge in [0.2, 0.25) is 5.91 Å². The fourth-order valence-corrected chi connectivity index (χ4v) is 4.37. The van der Waals surface area contributed by atoms with Crippen molar-refractivity contribution in [2.75, 3.05) is 37.6 Å². The third-order valence-electron chi connectivity index (χ3n) is 6.07. The number of carbonyl (C=O) groups excluding carboxylic acids is 1. The van der Waals surface area contributed by atoms with Crippen LogP contribution in [-0.2, 0) is 4.79 Å².